The molecule has 1 unspecified atom stereocenters. The predicted octanol–water partition coefficient (Wildman–Crippen LogP) is 4.94. The molecule has 1 fully saturated rings. The summed E-state index contributed by atoms with van der Waals surface area (Å²) in [6.45, 7) is 0. The van der Waals surface area contributed by atoms with Gasteiger partial charge in [0.25, 0.3) is 0 Å². The maximum Gasteiger partial charge on any atom is 0.238 e. The summed E-state index contributed by atoms with van der Waals surface area (Å²) in [6, 6.07) is 9.59. The van der Waals surface area contributed by atoms with Crippen molar-refractivity contribution in [3.05, 3.63) is 51.5 Å². The van der Waals surface area contributed by atoms with Gasteiger partial charge in [0, 0.05) is 24.2 Å². The average molecular weight is 459 g/mol. The van der Waals surface area contributed by atoms with Gasteiger partial charge >= 0.3 is 0 Å². The first-order chi connectivity index (χ1) is 13.2. The zero-order chi connectivity index (χ0) is 20.4. The molecule has 0 saturated carbocycles. The molecule has 28 heavy (non-hydrogen) atoms. The van der Waals surface area contributed by atoms with Crippen LogP contribution in [0.5, 0.6) is 5.75 Å². The topological polar surface area (TPSA) is 82.0 Å². The van der Waals surface area contributed by atoms with Gasteiger partial charge in [-0.05, 0) is 30.3 Å². The number of nitrogens with zero attached hydrogens (tertiary/aromatic N) is 2. The van der Waals surface area contributed by atoms with E-state index in [4.69, 9.17) is 34.8 Å². The molecule has 2 aromatic rings. The van der Waals surface area contributed by atoms with Crippen LogP contribution in [0.2, 0.25) is 15.1 Å². The van der Waals surface area contributed by atoms with Crippen molar-refractivity contribution in [1.82, 2.24) is 4.90 Å². The molecule has 0 aliphatic carbocycles. The Morgan fingerprint density at radius 3 is 2.57 bits per heavy atom. The number of amides is 2. The molecule has 1 saturated heterocycles. The first-order valence-corrected chi connectivity index (χ1v) is 10.0. The molecule has 2 aromatic carbocycles. The second-order valence-corrected chi connectivity index (χ2v) is 8.34. The number of carbonyl (C=O) groups excluding carboxylic acids is 2. The molecule has 1 atom stereocenters. The minimum absolute atomic E-state index is 0.0314. The first-order valence-electron chi connectivity index (χ1n) is 8.01. The van der Waals surface area contributed by atoms with E-state index in [-0.39, 0.29) is 34.0 Å². The number of thioether (sulfide) groups is 1. The van der Waals surface area contributed by atoms with Crippen molar-refractivity contribution in [3.63, 3.8) is 0 Å². The molecule has 1 heterocycles. The molecule has 2 amide bonds. The van der Waals surface area contributed by atoms with Crippen LogP contribution in [-0.2, 0) is 9.59 Å². The Labute approximate surface area is 180 Å². The molecule has 0 radical (unpaired) electrons. The van der Waals surface area contributed by atoms with E-state index in [0.29, 0.717) is 21.6 Å². The normalized spacial score (nSPS) is 18.4. The first kappa shape index (κ1) is 20.8. The van der Waals surface area contributed by atoms with Crippen LogP contribution < -0.4 is 5.32 Å². The van der Waals surface area contributed by atoms with Gasteiger partial charge in [0.15, 0.2) is 10.9 Å². The molecule has 0 aromatic heterocycles. The van der Waals surface area contributed by atoms with E-state index in [1.165, 1.54) is 17.0 Å². The summed E-state index contributed by atoms with van der Waals surface area (Å²) in [7, 11) is 1.57. The van der Waals surface area contributed by atoms with Crippen molar-refractivity contribution in [2.75, 3.05) is 12.4 Å². The fourth-order valence-corrected chi connectivity index (χ4v) is 4.14. The molecule has 146 valence electrons. The molecule has 2 N–H and O–H groups in total. The van der Waals surface area contributed by atoms with E-state index in [9.17, 15) is 14.7 Å². The maximum absolute atomic E-state index is 12.6. The van der Waals surface area contributed by atoms with E-state index < -0.39 is 5.25 Å². The second-order valence-electron chi connectivity index (χ2n) is 5.92. The van der Waals surface area contributed by atoms with Crippen LogP contribution in [0.25, 0.3) is 0 Å². The van der Waals surface area contributed by atoms with Crippen LogP contribution in [0.4, 0.5) is 11.4 Å². The highest BCUT2D eigenvalue weighted by Gasteiger charge is 2.34. The van der Waals surface area contributed by atoms with E-state index >= 15 is 0 Å². The van der Waals surface area contributed by atoms with Crippen molar-refractivity contribution in [1.29, 1.82) is 0 Å². The Bertz CT molecular complexity index is 961. The van der Waals surface area contributed by atoms with E-state index in [1.807, 2.05) is 0 Å². The number of phenolic OH excluding ortho intramolecular Hbond substituents is 1. The number of phenols is 1. The smallest absolute Gasteiger partial charge is 0.238 e. The van der Waals surface area contributed by atoms with Gasteiger partial charge in [-0.2, -0.15) is 0 Å². The summed E-state index contributed by atoms with van der Waals surface area (Å²) >= 11 is 18.9. The third-order valence-electron chi connectivity index (χ3n) is 3.88. The Hall–Kier alpha value is -1.93. The largest absolute Gasteiger partial charge is 0.505 e. The molecular formula is C18H14Cl3N3O3S. The summed E-state index contributed by atoms with van der Waals surface area (Å²) in [5.41, 5.74) is 0.894. The summed E-state index contributed by atoms with van der Waals surface area (Å²) in [5, 5.41) is 12.6. The number of carbonyl (C=O) groups is 2. The number of halogens is 3. The highest BCUT2D eigenvalue weighted by molar-refractivity contribution is 8.15. The summed E-state index contributed by atoms with van der Waals surface area (Å²) in [5.74, 6) is -0.824. The molecular weight excluding hydrogens is 445 g/mol. The molecule has 0 spiro atoms. The standard InChI is InChI=1S/C18H14Cl3N3O3S/c1-24-15(25)8-14(17(27)22-10-4-2-3-9(19)5-10)28-18(24)23-11-6-12(20)16(26)13(21)7-11/h2-7,14,26H,8H2,1H3,(H,22,27). The van der Waals surface area contributed by atoms with Crippen molar-refractivity contribution >= 4 is 74.9 Å². The highest BCUT2D eigenvalue weighted by Crippen LogP contribution is 2.37. The number of anilines is 1. The monoisotopic (exact) mass is 457 g/mol. The fourth-order valence-electron chi connectivity index (χ4n) is 2.41. The quantitative estimate of drug-likeness (QED) is 0.682. The van der Waals surface area contributed by atoms with Crippen molar-refractivity contribution in [2.45, 2.75) is 11.7 Å². The van der Waals surface area contributed by atoms with Gasteiger partial charge in [-0.1, -0.05) is 52.6 Å². The predicted molar refractivity (Wildman–Crippen MR) is 114 cm³/mol. The number of hydrogen-bond donors (Lipinski definition) is 2. The minimum atomic E-state index is -0.663. The van der Waals surface area contributed by atoms with Crippen LogP contribution in [-0.4, -0.2) is 39.3 Å². The van der Waals surface area contributed by atoms with Crippen molar-refractivity contribution < 1.29 is 14.7 Å². The van der Waals surface area contributed by atoms with Gasteiger partial charge in [-0.25, -0.2) is 4.99 Å². The average Bonchev–Trinajstić information content (AvgIpc) is 2.63. The van der Waals surface area contributed by atoms with Crippen LogP contribution in [0.3, 0.4) is 0 Å². The Morgan fingerprint density at radius 2 is 1.93 bits per heavy atom. The van der Waals surface area contributed by atoms with Gasteiger partial charge < -0.3 is 10.4 Å². The maximum atomic E-state index is 12.6. The van der Waals surface area contributed by atoms with Gasteiger partial charge in [0.05, 0.1) is 15.7 Å². The molecule has 1 aliphatic heterocycles. The Kier molecular flexibility index (Phi) is 6.40. The number of aromatic hydroxyl groups is 1. The Morgan fingerprint density at radius 1 is 1.25 bits per heavy atom. The van der Waals surface area contributed by atoms with Crippen LogP contribution in [0.1, 0.15) is 6.42 Å². The number of aliphatic imine (C=N–C) groups is 1. The number of rotatable bonds is 3. The molecule has 6 nitrogen and oxygen atoms in total. The van der Waals surface area contributed by atoms with Crippen molar-refractivity contribution in [3.8, 4) is 5.75 Å². The van der Waals surface area contributed by atoms with Crippen molar-refractivity contribution in [2.24, 2.45) is 4.99 Å². The minimum Gasteiger partial charge on any atom is -0.505 e. The van der Waals surface area contributed by atoms with E-state index in [1.54, 1.807) is 31.3 Å². The van der Waals surface area contributed by atoms with Crippen LogP contribution in [0.15, 0.2) is 41.4 Å². The summed E-state index contributed by atoms with van der Waals surface area (Å²) in [4.78, 5) is 30.7. The Balaban J connectivity index is 1.83. The highest BCUT2D eigenvalue weighted by atomic mass is 35.5. The van der Waals surface area contributed by atoms with Gasteiger partial charge in [-0.15, -0.1) is 0 Å². The molecule has 10 heteroatoms. The zero-order valence-corrected chi connectivity index (χ0v) is 17.5. The molecule has 3 rings (SSSR count). The van der Waals surface area contributed by atoms with Gasteiger partial charge in [0.1, 0.15) is 5.25 Å². The van der Waals surface area contributed by atoms with Gasteiger partial charge in [0.2, 0.25) is 11.8 Å². The lowest BCUT2D eigenvalue weighted by atomic mass is 10.2. The lowest BCUT2D eigenvalue weighted by molar-refractivity contribution is -0.128. The summed E-state index contributed by atoms with van der Waals surface area (Å²) in [6.07, 6.45) is 0.0314. The van der Waals surface area contributed by atoms with E-state index in [2.05, 4.69) is 10.3 Å². The zero-order valence-electron chi connectivity index (χ0n) is 14.4. The number of nitrogens with one attached hydrogen (secondary N) is 1. The summed E-state index contributed by atoms with van der Waals surface area (Å²) < 4.78 is 0. The third-order valence-corrected chi connectivity index (χ3v) is 5.93. The SMILES string of the molecule is CN1C(=O)CC(C(=O)Nc2cccc(Cl)c2)SC1=Nc1cc(Cl)c(O)c(Cl)c1. The molecule has 1 aliphatic rings. The van der Waals surface area contributed by atoms with Crippen LogP contribution in [0, 0.1) is 0 Å². The van der Waals surface area contributed by atoms with Crippen LogP contribution >= 0.6 is 46.6 Å². The fraction of sp³-hybridized carbons (Fsp3) is 0.167. The number of benzene rings is 2. The lowest BCUT2D eigenvalue weighted by Crippen LogP contribution is -2.43. The number of hydrogen-bond acceptors (Lipinski definition) is 5. The third kappa shape index (κ3) is 4.72. The van der Waals surface area contributed by atoms with E-state index in [0.717, 1.165) is 11.8 Å². The number of amidine groups is 1. The van der Waals surface area contributed by atoms with Gasteiger partial charge in [-0.3, -0.25) is 14.5 Å². The lowest BCUT2D eigenvalue weighted by Gasteiger charge is -2.28. The second kappa shape index (κ2) is 8.61. The molecule has 0 bridgehead atoms.